The van der Waals surface area contributed by atoms with Crippen molar-refractivity contribution in [2.45, 2.75) is 13.0 Å². The zero-order chi connectivity index (χ0) is 20.6. The summed E-state index contributed by atoms with van der Waals surface area (Å²) in [6.07, 6.45) is 0. The fourth-order valence-electron chi connectivity index (χ4n) is 3.37. The number of benzene rings is 2. The van der Waals surface area contributed by atoms with Gasteiger partial charge in [0.25, 0.3) is 5.91 Å². The van der Waals surface area contributed by atoms with Crippen molar-refractivity contribution in [3.8, 4) is 5.75 Å². The molecule has 0 bridgehead atoms. The number of amides is 2. The molecule has 0 aromatic heterocycles. The smallest absolute Gasteiger partial charge is 0.251 e. The maximum absolute atomic E-state index is 12.6. The maximum Gasteiger partial charge on any atom is 0.251 e. The number of anilines is 1. The summed E-state index contributed by atoms with van der Waals surface area (Å²) in [6, 6.07) is 14.8. The highest BCUT2D eigenvalue weighted by Crippen LogP contribution is 2.24. The lowest BCUT2D eigenvalue weighted by molar-refractivity contribution is -0.114. The van der Waals surface area contributed by atoms with Crippen molar-refractivity contribution in [3.05, 3.63) is 59.7 Å². The molecule has 2 aromatic carbocycles. The van der Waals surface area contributed by atoms with E-state index in [4.69, 9.17) is 9.47 Å². The minimum absolute atomic E-state index is 0.0485. The number of nitrogens with one attached hydrogen (secondary N) is 2. The molecule has 0 spiro atoms. The van der Waals surface area contributed by atoms with Gasteiger partial charge in [0.15, 0.2) is 0 Å². The summed E-state index contributed by atoms with van der Waals surface area (Å²) in [5.74, 6) is 0.513. The molecule has 154 valence electrons. The summed E-state index contributed by atoms with van der Waals surface area (Å²) < 4.78 is 10.7. The number of ether oxygens (including phenoxy) is 2. The molecule has 3 rings (SSSR count). The van der Waals surface area contributed by atoms with E-state index in [0.29, 0.717) is 31.0 Å². The van der Waals surface area contributed by atoms with Gasteiger partial charge in [-0.25, -0.2) is 0 Å². The van der Waals surface area contributed by atoms with Crippen LogP contribution in [0.1, 0.15) is 28.9 Å². The molecule has 0 radical (unpaired) electrons. The maximum atomic E-state index is 12.6. The van der Waals surface area contributed by atoms with Gasteiger partial charge in [-0.15, -0.1) is 0 Å². The topological polar surface area (TPSA) is 79.9 Å². The van der Waals surface area contributed by atoms with Gasteiger partial charge < -0.3 is 20.1 Å². The minimum atomic E-state index is -0.147. The lowest BCUT2D eigenvalue weighted by Gasteiger charge is -2.35. The van der Waals surface area contributed by atoms with Gasteiger partial charge in [0.1, 0.15) is 5.75 Å². The average Bonchev–Trinajstić information content (AvgIpc) is 2.75. The molecule has 1 saturated heterocycles. The molecule has 7 nitrogen and oxygen atoms in total. The fourth-order valence-corrected chi connectivity index (χ4v) is 3.37. The zero-order valence-electron chi connectivity index (χ0n) is 16.8. The number of carbonyl (C=O) groups excluding carboxylic acids is 2. The van der Waals surface area contributed by atoms with Gasteiger partial charge in [0.2, 0.25) is 5.91 Å². The van der Waals surface area contributed by atoms with Crippen molar-refractivity contribution in [1.29, 1.82) is 0 Å². The van der Waals surface area contributed by atoms with E-state index in [1.165, 1.54) is 6.92 Å². The van der Waals surface area contributed by atoms with Gasteiger partial charge in [-0.05, 0) is 42.0 Å². The Morgan fingerprint density at radius 1 is 1.07 bits per heavy atom. The molecule has 7 heteroatoms. The van der Waals surface area contributed by atoms with Crippen molar-refractivity contribution in [3.63, 3.8) is 0 Å². The number of morpholine rings is 1. The highest BCUT2D eigenvalue weighted by molar-refractivity contribution is 5.95. The predicted octanol–water partition coefficient (Wildman–Crippen LogP) is 2.46. The van der Waals surface area contributed by atoms with E-state index in [-0.39, 0.29) is 17.9 Å². The fraction of sp³-hybridized carbons (Fsp3) is 0.364. The zero-order valence-corrected chi connectivity index (χ0v) is 16.8. The molecule has 29 heavy (non-hydrogen) atoms. The van der Waals surface area contributed by atoms with Gasteiger partial charge in [-0.3, -0.25) is 14.5 Å². The van der Waals surface area contributed by atoms with Crippen molar-refractivity contribution in [2.24, 2.45) is 0 Å². The molecule has 1 fully saturated rings. The van der Waals surface area contributed by atoms with Crippen LogP contribution in [0.15, 0.2) is 48.5 Å². The van der Waals surface area contributed by atoms with Crippen LogP contribution in [0.5, 0.6) is 5.75 Å². The monoisotopic (exact) mass is 397 g/mol. The number of nitrogens with zero attached hydrogens (tertiary/aromatic N) is 1. The molecule has 2 aromatic rings. The van der Waals surface area contributed by atoms with E-state index in [0.717, 1.165) is 24.4 Å². The number of methoxy groups -OCH3 is 1. The summed E-state index contributed by atoms with van der Waals surface area (Å²) in [4.78, 5) is 26.1. The van der Waals surface area contributed by atoms with E-state index in [9.17, 15) is 9.59 Å². The largest absolute Gasteiger partial charge is 0.497 e. The highest BCUT2D eigenvalue weighted by Gasteiger charge is 2.23. The van der Waals surface area contributed by atoms with E-state index in [1.807, 2.05) is 24.3 Å². The quantitative estimate of drug-likeness (QED) is 0.750. The van der Waals surface area contributed by atoms with Crippen LogP contribution in [0.2, 0.25) is 0 Å². The van der Waals surface area contributed by atoms with Crippen LogP contribution in [0.25, 0.3) is 0 Å². The Balaban J connectivity index is 1.68. The molecule has 0 saturated carbocycles. The van der Waals surface area contributed by atoms with Crippen molar-refractivity contribution < 1.29 is 19.1 Å². The molecule has 1 aliphatic heterocycles. The molecule has 2 N–H and O–H groups in total. The van der Waals surface area contributed by atoms with Crippen LogP contribution < -0.4 is 15.4 Å². The predicted molar refractivity (Wildman–Crippen MR) is 111 cm³/mol. The average molecular weight is 397 g/mol. The number of rotatable bonds is 7. The van der Waals surface area contributed by atoms with Gasteiger partial charge in [-0.2, -0.15) is 0 Å². The second-order valence-corrected chi connectivity index (χ2v) is 6.91. The molecular weight excluding hydrogens is 370 g/mol. The summed E-state index contributed by atoms with van der Waals surface area (Å²) >= 11 is 0. The SMILES string of the molecule is COc1ccc(C(CNC(=O)c2ccc(NC(C)=O)cc2)N2CCOCC2)cc1. The lowest BCUT2D eigenvalue weighted by Crippen LogP contribution is -2.43. The third-order valence-corrected chi connectivity index (χ3v) is 4.91. The van der Waals surface area contributed by atoms with Crippen LogP contribution in [0, 0.1) is 0 Å². The van der Waals surface area contributed by atoms with Gasteiger partial charge in [0, 0.05) is 37.8 Å². The van der Waals surface area contributed by atoms with Crippen LogP contribution in [-0.2, 0) is 9.53 Å². The van der Waals surface area contributed by atoms with E-state index in [1.54, 1.807) is 31.4 Å². The summed E-state index contributed by atoms with van der Waals surface area (Å²) in [7, 11) is 1.64. The Labute approximate surface area is 171 Å². The molecule has 1 atom stereocenters. The molecule has 1 aliphatic rings. The summed E-state index contributed by atoms with van der Waals surface area (Å²) in [6.45, 7) is 4.94. The Kier molecular flexibility index (Phi) is 7.21. The normalized spacial score (nSPS) is 15.4. The Morgan fingerprint density at radius 3 is 2.31 bits per heavy atom. The van der Waals surface area contributed by atoms with Crippen LogP contribution in [0.4, 0.5) is 5.69 Å². The van der Waals surface area contributed by atoms with Crippen molar-refractivity contribution in [2.75, 3.05) is 45.3 Å². The first kappa shape index (κ1) is 20.8. The van der Waals surface area contributed by atoms with Gasteiger partial charge in [0.05, 0.1) is 26.4 Å². The first-order chi connectivity index (χ1) is 14.1. The Bertz CT molecular complexity index is 815. The third kappa shape index (κ3) is 5.79. The number of hydrogen-bond acceptors (Lipinski definition) is 5. The van der Waals surface area contributed by atoms with Gasteiger partial charge in [-0.1, -0.05) is 12.1 Å². The van der Waals surface area contributed by atoms with Crippen LogP contribution in [-0.4, -0.2) is 56.7 Å². The molecular formula is C22H27N3O4. The van der Waals surface area contributed by atoms with E-state index < -0.39 is 0 Å². The molecule has 2 amide bonds. The first-order valence-corrected chi connectivity index (χ1v) is 9.68. The van der Waals surface area contributed by atoms with Gasteiger partial charge >= 0.3 is 0 Å². The third-order valence-electron chi connectivity index (χ3n) is 4.91. The lowest BCUT2D eigenvalue weighted by atomic mass is 10.0. The first-order valence-electron chi connectivity index (χ1n) is 9.68. The Morgan fingerprint density at radius 2 is 1.72 bits per heavy atom. The van der Waals surface area contributed by atoms with Crippen molar-refractivity contribution in [1.82, 2.24) is 10.2 Å². The Hall–Kier alpha value is -2.90. The summed E-state index contributed by atoms with van der Waals surface area (Å²) in [5.41, 5.74) is 2.34. The highest BCUT2D eigenvalue weighted by atomic mass is 16.5. The van der Waals surface area contributed by atoms with E-state index >= 15 is 0 Å². The number of carbonyl (C=O) groups is 2. The molecule has 0 aliphatic carbocycles. The van der Waals surface area contributed by atoms with Crippen LogP contribution >= 0.6 is 0 Å². The van der Waals surface area contributed by atoms with Crippen molar-refractivity contribution >= 4 is 17.5 Å². The minimum Gasteiger partial charge on any atom is -0.497 e. The van der Waals surface area contributed by atoms with Crippen LogP contribution in [0.3, 0.4) is 0 Å². The summed E-state index contributed by atoms with van der Waals surface area (Å²) in [5, 5.41) is 5.74. The second kappa shape index (κ2) is 10.0. The standard InChI is InChI=1S/C22H27N3O4/c1-16(26)24-19-7-3-18(4-8-19)22(27)23-15-21(25-11-13-29-14-12-25)17-5-9-20(28-2)10-6-17/h3-10,21H,11-15H2,1-2H3,(H,23,27)(H,24,26). The molecule has 1 heterocycles. The second-order valence-electron chi connectivity index (χ2n) is 6.91. The molecule has 1 unspecified atom stereocenters. The number of hydrogen-bond donors (Lipinski definition) is 2. The van der Waals surface area contributed by atoms with E-state index in [2.05, 4.69) is 15.5 Å².